The lowest BCUT2D eigenvalue weighted by Crippen LogP contribution is -2.36. The first-order valence-electron chi connectivity index (χ1n) is 10.2. The topological polar surface area (TPSA) is 81.0 Å². The number of anilines is 1. The molecule has 32 heavy (non-hydrogen) atoms. The highest BCUT2D eigenvalue weighted by atomic mass is 33.1. The molecular formula is C23H29N5O2S2. The number of carbonyl (C=O) groups excluding carboxylic acids is 2. The van der Waals surface area contributed by atoms with Gasteiger partial charge in [0.2, 0.25) is 0 Å². The third-order valence-electron chi connectivity index (χ3n) is 4.90. The molecule has 2 aromatic heterocycles. The highest BCUT2D eigenvalue weighted by Gasteiger charge is 2.21. The summed E-state index contributed by atoms with van der Waals surface area (Å²) in [6.07, 6.45) is 5.78. The van der Waals surface area contributed by atoms with Crippen LogP contribution in [0.25, 0.3) is 11.1 Å². The van der Waals surface area contributed by atoms with Crippen molar-refractivity contribution >= 4 is 39.1 Å². The number of aromatic nitrogens is 3. The maximum Gasteiger partial charge on any atom is 0.291 e. The lowest BCUT2D eigenvalue weighted by atomic mass is 10.1. The fourth-order valence-corrected chi connectivity index (χ4v) is 5.46. The summed E-state index contributed by atoms with van der Waals surface area (Å²) in [6, 6.07) is 9.42. The number of nitrogens with zero attached hydrogens (tertiary/aromatic N) is 3. The van der Waals surface area contributed by atoms with Crippen LogP contribution in [0, 0.1) is 6.92 Å². The van der Waals surface area contributed by atoms with Gasteiger partial charge in [-0.2, -0.15) is 0 Å². The summed E-state index contributed by atoms with van der Waals surface area (Å²) in [6.45, 7) is 6.66. The van der Waals surface area contributed by atoms with Crippen molar-refractivity contribution in [1.29, 1.82) is 0 Å². The minimum absolute atomic E-state index is 0.0447. The summed E-state index contributed by atoms with van der Waals surface area (Å²) < 4.78 is 3.49. The molecule has 0 aliphatic rings. The van der Waals surface area contributed by atoms with E-state index < -0.39 is 0 Å². The molecule has 0 saturated carbocycles. The molecule has 0 unspecified atom stereocenters. The van der Waals surface area contributed by atoms with Gasteiger partial charge in [-0.3, -0.25) is 9.59 Å². The Balaban J connectivity index is 1.68. The zero-order chi connectivity index (χ0) is 23.5. The molecule has 0 spiro atoms. The first-order chi connectivity index (χ1) is 15.1. The van der Waals surface area contributed by atoms with Gasteiger partial charge in [-0.05, 0) is 50.8 Å². The summed E-state index contributed by atoms with van der Waals surface area (Å²) in [5.74, 6) is 0.0155. The fourth-order valence-electron chi connectivity index (χ4n) is 3.35. The lowest BCUT2D eigenvalue weighted by molar-refractivity contribution is 0.0942. The van der Waals surface area contributed by atoms with Gasteiger partial charge in [-0.15, -0.1) is 0 Å². The van der Waals surface area contributed by atoms with E-state index in [1.807, 2.05) is 67.5 Å². The number of imidazole rings is 1. The molecule has 1 aromatic carbocycles. The lowest BCUT2D eigenvalue weighted by Gasteiger charge is -2.22. The summed E-state index contributed by atoms with van der Waals surface area (Å²) in [5, 5.41) is 5.90. The third kappa shape index (κ3) is 5.77. The summed E-state index contributed by atoms with van der Waals surface area (Å²) in [4.78, 5) is 29.4. The molecule has 2 N–H and O–H groups in total. The summed E-state index contributed by atoms with van der Waals surface area (Å²) in [5.41, 5.74) is 3.98. The standard InChI is InChI=1S/C23H29N5O2S2/c1-15-12-28(5)20(25-15)22(30)26-18-9-7-16(8-10-18)17-11-19(27(4)13-17)21(29)24-14-23(2,3)32-31-6/h7-13H,14H2,1-6H3,(H,24,29)(H,26,30). The van der Waals surface area contributed by atoms with E-state index in [1.165, 1.54) is 0 Å². The predicted octanol–water partition coefficient (Wildman–Crippen LogP) is 4.51. The van der Waals surface area contributed by atoms with Gasteiger partial charge in [0.05, 0.1) is 5.69 Å². The van der Waals surface area contributed by atoms with E-state index in [0.717, 1.165) is 16.8 Å². The van der Waals surface area contributed by atoms with E-state index in [0.29, 0.717) is 23.8 Å². The maximum absolute atomic E-state index is 12.7. The van der Waals surface area contributed by atoms with Crippen LogP contribution in [0.1, 0.15) is 40.6 Å². The SMILES string of the molecule is CSSC(C)(C)CNC(=O)c1cc(-c2ccc(NC(=O)c3nc(C)cn3C)cc2)cn1C. The van der Waals surface area contributed by atoms with Crippen molar-refractivity contribution in [3.05, 3.63) is 59.9 Å². The molecule has 0 fully saturated rings. The number of aryl methyl sites for hydroxylation is 3. The van der Waals surface area contributed by atoms with E-state index in [4.69, 9.17) is 0 Å². The van der Waals surface area contributed by atoms with Crippen LogP contribution in [0.5, 0.6) is 0 Å². The van der Waals surface area contributed by atoms with E-state index in [9.17, 15) is 9.59 Å². The molecule has 0 aliphatic heterocycles. The molecule has 3 rings (SSSR count). The Morgan fingerprint density at radius 1 is 1.03 bits per heavy atom. The molecule has 170 valence electrons. The third-order valence-corrected chi connectivity index (χ3v) is 7.51. The van der Waals surface area contributed by atoms with Crippen molar-refractivity contribution in [2.45, 2.75) is 25.5 Å². The monoisotopic (exact) mass is 471 g/mol. The van der Waals surface area contributed by atoms with Gasteiger partial charge in [0.15, 0.2) is 5.82 Å². The molecule has 0 atom stereocenters. The number of hydrogen-bond acceptors (Lipinski definition) is 5. The minimum atomic E-state index is -0.255. The van der Waals surface area contributed by atoms with Crippen molar-refractivity contribution in [2.75, 3.05) is 18.1 Å². The molecule has 0 saturated heterocycles. The fraction of sp³-hybridized carbons (Fsp3) is 0.348. The highest BCUT2D eigenvalue weighted by Crippen LogP contribution is 2.33. The average Bonchev–Trinajstić information content (AvgIpc) is 3.28. The van der Waals surface area contributed by atoms with Crippen LogP contribution in [-0.2, 0) is 14.1 Å². The molecule has 0 radical (unpaired) electrons. The second-order valence-electron chi connectivity index (χ2n) is 8.27. The molecular weight excluding hydrogens is 442 g/mol. The van der Waals surface area contributed by atoms with Crippen LogP contribution < -0.4 is 10.6 Å². The summed E-state index contributed by atoms with van der Waals surface area (Å²) in [7, 11) is 7.10. The Labute approximate surface area is 196 Å². The molecule has 9 heteroatoms. The van der Waals surface area contributed by atoms with Gasteiger partial charge >= 0.3 is 0 Å². The minimum Gasteiger partial charge on any atom is -0.349 e. The van der Waals surface area contributed by atoms with Gasteiger partial charge < -0.3 is 19.8 Å². The number of rotatable bonds is 8. The van der Waals surface area contributed by atoms with Crippen LogP contribution >= 0.6 is 21.6 Å². The molecule has 3 aromatic rings. The molecule has 2 heterocycles. The zero-order valence-corrected chi connectivity index (χ0v) is 20.9. The summed E-state index contributed by atoms with van der Waals surface area (Å²) >= 11 is 0. The van der Waals surface area contributed by atoms with Gasteiger partial charge in [-0.1, -0.05) is 33.7 Å². The number of nitrogens with one attached hydrogen (secondary N) is 2. The molecule has 0 bridgehead atoms. The molecule has 0 aliphatic carbocycles. The van der Waals surface area contributed by atoms with E-state index in [1.54, 1.807) is 33.2 Å². The van der Waals surface area contributed by atoms with Crippen molar-refractivity contribution in [2.24, 2.45) is 14.1 Å². The Bertz CT molecular complexity index is 1120. The second kappa shape index (κ2) is 9.87. The number of benzene rings is 1. The zero-order valence-electron chi connectivity index (χ0n) is 19.2. The normalized spacial score (nSPS) is 11.4. The van der Waals surface area contributed by atoms with Crippen molar-refractivity contribution < 1.29 is 9.59 Å². The van der Waals surface area contributed by atoms with Gasteiger partial charge in [-0.25, -0.2) is 4.98 Å². The first kappa shape index (κ1) is 24.0. The van der Waals surface area contributed by atoms with E-state index in [2.05, 4.69) is 29.5 Å². The maximum atomic E-state index is 12.7. The number of amides is 2. The van der Waals surface area contributed by atoms with Crippen LogP contribution in [0.3, 0.4) is 0 Å². The van der Waals surface area contributed by atoms with Crippen molar-refractivity contribution in [3.8, 4) is 11.1 Å². The molecule has 2 amide bonds. The molecule has 7 nitrogen and oxygen atoms in total. The van der Waals surface area contributed by atoms with Gasteiger partial charge in [0.25, 0.3) is 11.8 Å². The Kier molecular flexibility index (Phi) is 7.40. The smallest absolute Gasteiger partial charge is 0.291 e. The van der Waals surface area contributed by atoms with Gasteiger partial charge in [0.1, 0.15) is 5.69 Å². The first-order valence-corrected chi connectivity index (χ1v) is 12.7. The number of carbonyl (C=O) groups is 2. The van der Waals surface area contributed by atoms with Crippen LogP contribution in [0.2, 0.25) is 0 Å². The Morgan fingerprint density at radius 2 is 1.72 bits per heavy atom. The predicted molar refractivity (Wildman–Crippen MR) is 134 cm³/mol. The average molecular weight is 472 g/mol. The van der Waals surface area contributed by atoms with Gasteiger partial charge in [0, 0.05) is 49.0 Å². The van der Waals surface area contributed by atoms with Crippen LogP contribution in [0.4, 0.5) is 5.69 Å². The van der Waals surface area contributed by atoms with Crippen LogP contribution in [-0.4, -0.2) is 43.5 Å². The Morgan fingerprint density at radius 3 is 2.31 bits per heavy atom. The highest BCUT2D eigenvalue weighted by molar-refractivity contribution is 8.76. The van der Waals surface area contributed by atoms with Crippen molar-refractivity contribution in [1.82, 2.24) is 19.4 Å². The van der Waals surface area contributed by atoms with E-state index in [-0.39, 0.29) is 16.6 Å². The van der Waals surface area contributed by atoms with E-state index >= 15 is 0 Å². The largest absolute Gasteiger partial charge is 0.349 e. The Hall–Kier alpha value is -2.65. The van der Waals surface area contributed by atoms with Crippen molar-refractivity contribution in [3.63, 3.8) is 0 Å². The quantitative estimate of drug-likeness (QED) is 0.473. The second-order valence-corrected chi connectivity index (χ2v) is 11.4. The van der Waals surface area contributed by atoms with Crippen LogP contribution in [0.15, 0.2) is 42.7 Å². The number of hydrogen-bond donors (Lipinski definition) is 2.